The van der Waals surface area contributed by atoms with Crippen molar-refractivity contribution in [2.45, 2.75) is 32.3 Å². The van der Waals surface area contributed by atoms with E-state index in [1.165, 1.54) is 13.0 Å². The lowest BCUT2D eigenvalue weighted by molar-refractivity contribution is 0.101. The maximum Gasteiger partial charge on any atom is 0.257 e. The van der Waals surface area contributed by atoms with Gasteiger partial charge >= 0.3 is 0 Å². The maximum absolute atomic E-state index is 12.1. The van der Waals surface area contributed by atoms with E-state index >= 15 is 0 Å². The number of piperidine rings is 1. The number of rotatable bonds is 4. The minimum atomic E-state index is -0.104. The van der Waals surface area contributed by atoms with Crippen LogP contribution < -0.4 is 10.3 Å². The smallest absolute Gasteiger partial charge is 0.257 e. The van der Waals surface area contributed by atoms with E-state index in [2.05, 4.69) is 21.8 Å². The van der Waals surface area contributed by atoms with Crippen molar-refractivity contribution < 1.29 is 4.74 Å². The van der Waals surface area contributed by atoms with Gasteiger partial charge < -0.3 is 14.6 Å². The number of H-pyrrole nitrogens is 1. The van der Waals surface area contributed by atoms with Crippen molar-refractivity contribution in [1.29, 1.82) is 0 Å². The molecule has 0 aliphatic carbocycles. The van der Waals surface area contributed by atoms with Crippen LogP contribution in [-0.4, -0.2) is 40.6 Å². The van der Waals surface area contributed by atoms with E-state index < -0.39 is 0 Å². The Morgan fingerprint density at radius 1 is 1.24 bits per heavy atom. The van der Waals surface area contributed by atoms with Crippen LogP contribution in [0.25, 0.3) is 21.8 Å². The highest BCUT2D eigenvalue weighted by Crippen LogP contribution is 2.26. The van der Waals surface area contributed by atoms with Crippen molar-refractivity contribution in [1.82, 2.24) is 14.9 Å². The first-order chi connectivity index (χ1) is 12.2. The van der Waals surface area contributed by atoms with Gasteiger partial charge in [0.1, 0.15) is 11.9 Å². The third-order valence-electron chi connectivity index (χ3n) is 4.92. The predicted octanol–water partition coefficient (Wildman–Crippen LogP) is 3.33. The summed E-state index contributed by atoms with van der Waals surface area (Å²) in [7, 11) is 0. The quantitative estimate of drug-likeness (QED) is 0.742. The minimum absolute atomic E-state index is 0.104. The second-order valence-electron chi connectivity index (χ2n) is 6.72. The predicted molar refractivity (Wildman–Crippen MR) is 100 cm³/mol. The largest absolute Gasteiger partial charge is 0.490 e. The van der Waals surface area contributed by atoms with Crippen molar-refractivity contribution in [2.75, 3.05) is 19.6 Å². The molecule has 1 N–H and O–H groups in total. The summed E-state index contributed by atoms with van der Waals surface area (Å²) in [6.07, 6.45) is 5.30. The van der Waals surface area contributed by atoms with Crippen molar-refractivity contribution in [3.63, 3.8) is 0 Å². The molecule has 1 aliphatic rings. The van der Waals surface area contributed by atoms with Gasteiger partial charge in [0.25, 0.3) is 5.56 Å². The molecule has 1 saturated heterocycles. The van der Waals surface area contributed by atoms with Gasteiger partial charge in [0.2, 0.25) is 0 Å². The van der Waals surface area contributed by atoms with Gasteiger partial charge in [-0.25, -0.2) is 0 Å². The van der Waals surface area contributed by atoms with Crippen molar-refractivity contribution >= 4 is 21.8 Å². The Morgan fingerprint density at radius 2 is 2.08 bits per heavy atom. The van der Waals surface area contributed by atoms with Crippen LogP contribution in [0, 0.1) is 0 Å². The molecule has 0 amide bonds. The van der Waals surface area contributed by atoms with Gasteiger partial charge in [0.15, 0.2) is 0 Å². The van der Waals surface area contributed by atoms with Gasteiger partial charge in [0.05, 0.1) is 16.4 Å². The summed E-state index contributed by atoms with van der Waals surface area (Å²) < 4.78 is 6.22. The first-order valence-electron chi connectivity index (χ1n) is 9.04. The molecular weight excluding hydrogens is 314 g/mol. The zero-order valence-corrected chi connectivity index (χ0v) is 14.5. The number of likely N-dealkylation sites (tertiary alicyclic amines) is 1. The standard InChI is InChI=1S/C20H23N3O2/c1-2-10-23-11-7-14(8-12-23)25-15-5-6-18-17(13-15)19-16(20(24)22-18)4-3-9-21-19/h3-6,9,13-14H,2,7-8,10-12H2,1H3,(H,22,24). The molecule has 0 spiro atoms. The Labute approximate surface area is 146 Å². The summed E-state index contributed by atoms with van der Waals surface area (Å²) in [6.45, 7) is 5.60. The number of hydrogen-bond donors (Lipinski definition) is 1. The second kappa shape index (κ2) is 6.84. The monoisotopic (exact) mass is 337 g/mol. The van der Waals surface area contributed by atoms with Crippen LogP contribution >= 0.6 is 0 Å². The van der Waals surface area contributed by atoms with Gasteiger partial charge in [-0.05, 0) is 56.1 Å². The fourth-order valence-corrected chi connectivity index (χ4v) is 3.65. The zero-order chi connectivity index (χ0) is 17.2. The molecule has 0 saturated carbocycles. The molecule has 5 nitrogen and oxygen atoms in total. The Bertz CT molecular complexity index is 942. The van der Waals surface area contributed by atoms with E-state index in [4.69, 9.17) is 4.74 Å². The molecule has 3 heterocycles. The highest BCUT2D eigenvalue weighted by molar-refractivity contribution is 6.03. The number of nitrogens with zero attached hydrogens (tertiary/aromatic N) is 2. The van der Waals surface area contributed by atoms with Gasteiger partial charge in [-0.2, -0.15) is 0 Å². The molecule has 4 rings (SSSR count). The van der Waals surface area contributed by atoms with E-state index in [1.807, 2.05) is 18.2 Å². The molecule has 130 valence electrons. The van der Waals surface area contributed by atoms with Crippen LogP contribution in [0.3, 0.4) is 0 Å². The van der Waals surface area contributed by atoms with E-state index in [1.54, 1.807) is 18.3 Å². The summed E-state index contributed by atoms with van der Waals surface area (Å²) in [5.41, 5.74) is 1.42. The summed E-state index contributed by atoms with van der Waals surface area (Å²) in [5, 5.41) is 1.54. The SMILES string of the molecule is CCCN1CCC(Oc2ccc3[nH]c(=O)c4cccnc4c3c2)CC1. The normalized spacial score (nSPS) is 16.5. The van der Waals surface area contributed by atoms with E-state index in [-0.39, 0.29) is 11.7 Å². The average Bonchev–Trinajstić information content (AvgIpc) is 2.64. The van der Waals surface area contributed by atoms with Crippen molar-refractivity contribution in [3.8, 4) is 5.75 Å². The first kappa shape index (κ1) is 16.1. The molecule has 1 aromatic carbocycles. The summed E-state index contributed by atoms with van der Waals surface area (Å²) in [4.78, 5) is 22.0. The van der Waals surface area contributed by atoms with E-state index in [9.17, 15) is 4.79 Å². The fourth-order valence-electron chi connectivity index (χ4n) is 3.65. The summed E-state index contributed by atoms with van der Waals surface area (Å²) in [6, 6.07) is 9.43. The number of nitrogens with one attached hydrogen (secondary N) is 1. The number of aromatic amines is 1. The number of hydrogen-bond acceptors (Lipinski definition) is 4. The Hall–Kier alpha value is -2.40. The molecule has 2 aromatic heterocycles. The van der Waals surface area contributed by atoms with Crippen LogP contribution in [0.1, 0.15) is 26.2 Å². The first-order valence-corrected chi connectivity index (χ1v) is 9.04. The molecule has 1 fully saturated rings. The van der Waals surface area contributed by atoms with Crippen LogP contribution in [0.4, 0.5) is 0 Å². The van der Waals surface area contributed by atoms with Crippen molar-refractivity contribution in [3.05, 3.63) is 46.9 Å². The van der Waals surface area contributed by atoms with Crippen LogP contribution in [0.5, 0.6) is 5.75 Å². The van der Waals surface area contributed by atoms with Crippen molar-refractivity contribution in [2.24, 2.45) is 0 Å². The fraction of sp³-hybridized carbons (Fsp3) is 0.400. The third-order valence-corrected chi connectivity index (χ3v) is 4.92. The molecule has 3 aromatic rings. The maximum atomic E-state index is 12.1. The molecule has 25 heavy (non-hydrogen) atoms. The molecule has 0 atom stereocenters. The third kappa shape index (κ3) is 3.24. The van der Waals surface area contributed by atoms with Gasteiger partial charge in [0, 0.05) is 24.7 Å². The molecule has 0 radical (unpaired) electrons. The highest BCUT2D eigenvalue weighted by Gasteiger charge is 2.20. The lowest BCUT2D eigenvalue weighted by Gasteiger charge is -2.31. The van der Waals surface area contributed by atoms with E-state index in [0.717, 1.165) is 48.1 Å². The number of ether oxygens (including phenoxy) is 1. The minimum Gasteiger partial charge on any atom is -0.490 e. The average molecular weight is 337 g/mol. The Balaban J connectivity index is 1.60. The molecule has 0 bridgehead atoms. The number of aromatic nitrogens is 2. The number of benzene rings is 1. The molecule has 1 aliphatic heterocycles. The summed E-state index contributed by atoms with van der Waals surface area (Å²) in [5.74, 6) is 0.848. The van der Waals surface area contributed by atoms with Gasteiger partial charge in [-0.3, -0.25) is 9.78 Å². The van der Waals surface area contributed by atoms with Crippen LogP contribution in [0.2, 0.25) is 0 Å². The zero-order valence-electron chi connectivity index (χ0n) is 14.5. The molecule has 5 heteroatoms. The number of pyridine rings is 2. The van der Waals surface area contributed by atoms with Gasteiger partial charge in [-0.1, -0.05) is 6.92 Å². The number of fused-ring (bicyclic) bond motifs is 3. The van der Waals surface area contributed by atoms with Crippen LogP contribution in [0.15, 0.2) is 41.3 Å². The lowest BCUT2D eigenvalue weighted by atomic mass is 10.1. The highest BCUT2D eigenvalue weighted by atomic mass is 16.5. The molecular formula is C20H23N3O2. The summed E-state index contributed by atoms with van der Waals surface area (Å²) >= 11 is 0. The Morgan fingerprint density at radius 3 is 2.88 bits per heavy atom. The Kier molecular flexibility index (Phi) is 4.40. The second-order valence-corrected chi connectivity index (χ2v) is 6.72. The van der Waals surface area contributed by atoms with E-state index in [0.29, 0.717) is 5.39 Å². The van der Waals surface area contributed by atoms with Crippen LogP contribution in [-0.2, 0) is 0 Å². The topological polar surface area (TPSA) is 58.2 Å². The lowest BCUT2D eigenvalue weighted by Crippen LogP contribution is -2.38. The molecule has 0 unspecified atom stereocenters. The van der Waals surface area contributed by atoms with Gasteiger partial charge in [-0.15, -0.1) is 0 Å².